The summed E-state index contributed by atoms with van der Waals surface area (Å²) in [7, 11) is 3.04. The number of aromatic nitrogens is 5. The van der Waals surface area contributed by atoms with E-state index in [2.05, 4.69) is 19.9 Å². The van der Waals surface area contributed by atoms with E-state index in [0.717, 1.165) is 15.8 Å². The molecule has 0 aliphatic carbocycles. The lowest BCUT2D eigenvalue weighted by atomic mass is 10.1. The lowest BCUT2D eigenvalue weighted by Crippen LogP contribution is -2.33. The van der Waals surface area contributed by atoms with E-state index in [9.17, 15) is 4.79 Å². The van der Waals surface area contributed by atoms with Gasteiger partial charge in [0, 0.05) is 30.7 Å². The van der Waals surface area contributed by atoms with E-state index >= 15 is 4.39 Å². The molecule has 1 aliphatic rings. The molecule has 2 aromatic carbocycles. The predicted octanol–water partition coefficient (Wildman–Crippen LogP) is 4.22. The highest BCUT2D eigenvalue weighted by Gasteiger charge is 2.33. The van der Waals surface area contributed by atoms with Gasteiger partial charge in [-0.15, -0.1) is 11.3 Å². The quantitative estimate of drug-likeness (QED) is 0.321. The number of thiazole rings is 1. The van der Waals surface area contributed by atoms with Crippen molar-refractivity contribution < 1.29 is 28.5 Å². The Balaban J connectivity index is 1.27. The number of halogens is 1. The first-order valence-corrected chi connectivity index (χ1v) is 13.1. The third-order valence-electron chi connectivity index (χ3n) is 6.43. The Bertz CT molecular complexity index is 1760. The van der Waals surface area contributed by atoms with Crippen molar-refractivity contribution >= 4 is 44.4 Å². The van der Waals surface area contributed by atoms with Crippen LogP contribution in [0.1, 0.15) is 17.0 Å². The number of carbonyl (C=O) groups excluding carboxylic acids is 1. The highest BCUT2D eigenvalue weighted by atomic mass is 32.1. The third-order valence-corrected chi connectivity index (χ3v) is 7.60. The molecule has 0 fully saturated rings. The Labute approximate surface area is 231 Å². The molecule has 1 amide bonds. The lowest BCUT2D eigenvalue weighted by molar-refractivity contribution is -0.0144. The van der Waals surface area contributed by atoms with Gasteiger partial charge in [0.05, 0.1) is 65.7 Å². The molecule has 4 heterocycles. The molecule has 1 atom stereocenters. The van der Waals surface area contributed by atoms with Crippen molar-refractivity contribution in [3.05, 3.63) is 59.6 Å². The van der Waals surface area contributed by atoms with Gasteiger partial charge >= 0.3 is 6.09 Å². The Hall–Kier alpha value is -4.49. The number of carbonyl (C=O) groups is 1. The Kier molecular flexibility index (Phi) is 6.60. The van der Waals surface area contributed by atoms with E-state index in [-0.39, 0.29) is 18.8 Å². The number of fused-ring (bicyclic) bond motifs is 4. The van der Waals surface area contributed by atoms with E-state index in [1.165, 1.54) is 48.9 Å². The van der Waals surface area contributed by atoms with Crippen LogP contribution in [0.25, 0.3) is 31.8 Å². The van der Waals surface area contributed by atoms with Crippen molar-refractivity contribution in [1.82, 2.24) is 24.9 Å². The molecule has 40 heavy (non-hydrogen) atoms. The van der Waals surface area contributed by atoms with Crippen LogP contribution in [-0.4, -0.2) is 63.2 Å². The maximum absolute atomic E-state index is 15.1. The standard InChI is InChI=1S/C27H23FN6O5S/c1-13-6-15(23-18(7-13)32-21(37-3)12-31-23)26-33-19-9-17(28)24-16(25(19)40-26)8-22(38-24)39-27(36)34(2)14-10-29-20(4-5-35)30-11-14/h6-7,9-12,22,35H,4-5,8H2,1-3H3/t22-/m1/s1. The first-order valence-electron chi connectivity index (χ1n) is 12.3. The highest BCUT2D eigenvalue weighted by Crippen LogP contribution is 2.43. The average Bonchev–Trinajstić information content (AvgIpc) is 3.57. The maximum atomic E-state index is 15.1. The number of aliphatic hydroxyl groups is 1. The van der Waals surface area contributed by atoms with Gasteiger partial charge in [-0.05, 0) is 24.6 Å². The number of nitrogens with zero attached hydrogens (tertiary/aromatic N) is 6. The van der Waals surface area contributed by atoms with Gasteiger partial charge in [0.15, 0.2) is 11.6 Å². The van der Waals surface area contributed by atoms with Crippen molar-refractivity contribution in [2.75, 3.05) is 25.7 Å². The van der Waals surface area contributed by atoms with Crippen LogP contribution in [0, 0.1) is 12.7 Å². The summed E-state index contributed by atoms with van der Waals surface area (Å²) in [6.45, 7) is 1.88. The van der Waals surface area contributed by atoms with Gasteiger partial charge in [-0.3, -0.25) is 4.90 Å². The normalized spacial score (nSPS) is 14.3. The summed E-state index contributed by atoms with van der Waals surface area (Å²) in [6.07, 6.45) is 3.20. The van der Waals surface area contributed by atoms with Gasteiger partial charge in [0.1, 0.15) is 10.8 Å². The molecule has 0 spiro atoms. The zero-order valence-electron chi connectivity index (χ0n) is 21.7. The second-order valence-corrected chi connectivity index (χ2v) is 10.2. The van der Waals surface area contributed by atoms with Crippen molar-refractivity contribution in [2.24, 2.45) is 0 Å². The van der Waals surface area contributed by atoms with Crippen LogP contribution < -0.4 is 14.4 Å². The summed E-state index contributed by atoms with van der Waals surface area (Å²) in [6, 6.07) is 5.20. The topological polar surface area (TPSA) is 133 Å². The maximum Gasteiger partial charge on any atom is 0.417 e. The molecular weight excluding hydrogens is 539 g/mol. The average molecular weight is 563 g/mol. The van der Waals surface area contributed by atoms with Crippen LogP contribution in [0.2, 0.25) is 0 Å². The van der Waals surface area contributed by atoms with E-state index in [1.807, 2.05) is 19.1 Å². The fourth-order valence-corrected chi connectivity index (χ4v) is 5.58. The van der Waals surface area contributed by atoms with Gasteiger partial charge in [0.2, 0.25) is 5.88 Å². The van der Waals surface area contributed by atoms with Gasteiger partial charge in [-0.25, -0.2) is 34.1 Å². The van der Waals surface area contributed by atoms with Crippen LogP contribution in [0.15, 0.2) is 36.8 Å². The van der Waals surface area contributed by atoms with E-state index in [0.29, 0.717) is 50.9 Å². The second kappa shape index (κ2) is 10.2. The number of rotatable bonds is 6. The molecule has 0 saturated heterocycles. The Morgan fingerprint density at radius 1 is 1.18 bits per heavy atom. The van der Waals surface area contributed by atoms with Crippen molar-refractivity contribution in [2.45, 2.75) is 26.1 Å². The number of methoxy groups -OCH3 is 1. The first kappa shape index (κ1) is 25.8. The summed E-state index contributed by atoms with van der Waals surface area (Å²) >= 11 is 1.39. The number of aliphatic hydroxyl groups excluding tert-OH is 1. The van der Waals surface area contributed by atoms with Crippen LogP contribution in [0.5, 0.6) is 11.6 Å². The third kappa shape index (κ3) is 4.62. The van der Waals surface area contributed by atoms with Crippen LogP contribution in [0.3, 0.4) is 0 Å². The predicted molar refractivity (Wildman–Crippen MR) is 145 cm³/mol. The first-order chi connectivity index (χ1) is 19.3. The number of hydrogen-bond donors (Lipinski definition) is 1. The van der Waals surface area contributed by atoms with Crippen LogP contribution >= 0.6 is 11.3 Å². The van der Waals surface area contributed by atoms with Crippen molar-refractivity contribution in [3.63, 3.8) is 0 Å². The van der Waals surface area contributed by atoms with E-state index in [4.69, 9.17) is 24.3 Å². The smallest absolute Gasteiger partial charge is 0.417 e. The summed E-state index contributed by atoms with van der Waals surface area (Å²) in [5.41, 5.74) is 4.51. The monoisotopic (exact) mass is 562 g/mol. The van der Waals surface area contributed by atoms with Crippen molar-refractivity contribution in [1.29, 1.82) is 0 Å². The molecule has 1 N–H and O–H groups in total. The van der Waals surface area contributed by atoms with Crippen LogP contribution in [-0.2, 0) is 17.6 Å². The fourth-order valence-electron chi connectivity index (χ4n) is 4.47. The number of benzene rings is 2. The number of ether oxygens (including phenoxy) is 3. The number of hydrogen-bond acceptors (Lipinski definition) is 11. The molecule has 0 unspecified atom stereocenters. The van der Waals surface area contributed by atoms with Crippen molar-refractivity contribution in [3.8, 4) is 22.2 Å². The van der Waals surface area contributed by atoms with E-state index in [1.54, 1.807) is 6.20 Å². The zero-order chi connectivity index (χ0) is 28.0. The minimum absolute atomic E-state index is 0.0403. The molecule has 0 saturated carbocycles. The van der Waals surface area contributed by atoms with Gasteiger partial charge in [-0.1, -0.05) is 0 Å². The summed E-state index contributed by atoms with van der Waals surface area (Å²) in [4.78, 5) is 36.0. The molecule has 0 bridgehead atoms. The minimum atomic E-state index is -1.02. The molecule has 5 aromatic rings. The SMILES string of the molecule is COc1cnc2c(-c3nc4cc(F)c5c(c4s3)C[C@@H](OC(=O)N(C)c3cnc(CCO)nc3)O5)cc(C)cc2n1. The van der Waals surface area contributed by atoms with E-state index < -0.39 is 18.2 Å². The zero-order valence-corrected chi connectivity index (χ0v) is 22.5. The number of anilines is 1. The summed E-state index contributed by atoms with van der Waals surface area (Å²) < 4.78 is 32.3. The molecule has 204 valence electrons. The summed E-state index contributed by atoms with van der Waals surface area (Å²) in [5, 5.41) is 9.67. The molecule has 11 nitrogen and oxygen atoms in total. The van der Waals surface area contributed by atoms with Crippen LogP contribution in [0.4, 0.5) is 14.9 Å². The van der Waals surface area contributed by atoms with Gasteiger partial charge < -0.3 is 19.3 Å². The number of aryl methyl sites for hydroxylation is 1. The molecule has 1 aliphatic heterocycles. The highest BCUT2D eigenvalue weighted by molar-refractivity contribution is 7.22. The summed E-state index contributed by atoms with van der Waals surface area (Å²) in [5.74, 6) is 0.315. The fraction of sp³-hybridized carbons (Fsp3) is 0.259. The Morgan fingerprint density at radius 2 is 1.98 bits per heavy atom. The largest absolute Gasteiger partial charge is 0.480 e. The Morgan fingerprint density at radius 3 is 2.73 bits per heavy atom. The molecule has 0 radical (unpaired) electrons. The molecule has 3 aromatic heterocycles. The molecular formula is C27H23FN6O5S. The number of amides is 1. The second-order valence-electron chi connectivity index (χ2n) is 9.15. The molecule has 6 rings (SSSR count). The lowest BCUT2D eigenvalue weighted by Gasteiger charge is -2.19. The molecule has 13 heteroatoms. The van der Waals surface area contributed by atoms with Gasteiger partial charge in [0.25, 0.3) is 6.29 Å². The van der Waals surface area contributed by atoms with Gasteiger partial charge in [-0.2, -0.15) is 0 Å². The minimum Gasteiger partial charge on any atom is -0.480 e.